The molecule has 0 saturated carbocycles. The molecule has 1 N–H and O–H groups in total. The molecule has 0 aromatic carbocycles. The van der Waals surface area contributed by atoms with Gasteiger partial charge in [0.1, 0.15) is 0 Å². The molecule has 24 heavy (non-hydrogen) atoms. The van der Waals surface area contributed by atoms with Crippen LogP contribution in [0.1, 0.15) is 28.1 Å². The van der Waals surface area contributed by atoms with Gasteiger partial charge in [-0.2, -0.15) is 0 Å². The topological polar surface area (TPSA) is 45.2 Å². The molecule has 0 spiro atoms. The number of amides is 1. The van der Waals surface area contributed by atoms with Crippen LogP contribution in [0, 0.1) is 6.92 Å². The van der Waals surface area contributed by atoms with Gasteiger partial charge in [-0.1, -0.05) is 0 Å². The maximum atomic E-state index is 12.0. The SMILES string of the molecule is Cc1nc(CSCC(=O)NCC(C)N2CCc3sccc3C2)cs1. The van der Waals surface area contributed by atoms with Crippen molar-refractivity contribution >= 4 is 40.3 Å². The lowest BCUT2D eigenvalue weighted by molar-refractivity contribution is -0.118. The predicted octanol–water partition coefficient (Wildman–Crippen LogP) is 3.31. The van der Waals surface area contributed by atoms with E-state index in [1.807, 2.05) is 18.3 Å². The summed E-state index contributed by atoms with van der Waals surface area (Å²) < 4.78 is 0. The van der Waals surface area contributed by atoms with Crippen LogP contribution in [0.15, 0.2) is 16.8 Å². The number of aromatic nitrogens is 1. The van der Waals surface area contributed by atoms with Gasteiger partial charge in [0.2, 0.25) is 5.91 Å². The van der Waals surface area contributed by atoms with E-state index in [4.69, 9.17) is 0 Å². The van der Waals surface area contributed by atoms with Gasteiger partial charge in [-0.15, -0.1) is 34.4 Å². The number of carbonyl (C=O) groups excluding carboxylic acids is 1. The predicted molar refractivity (Wildman–Crippen MR) is 104 cm³/mol. The van der Waals surface area contributed by atoms with Crippen molar-refractivity contribution in [2.24, 2.45) is 0 Å². The number of hydrogen-bond donors (Lipinski definition) is 1. The number of thiazole rings is 1. The van der Waals surface area contributed by atoms with Crippen LogP contribution >= 0.6 is 34.4 Å². The van der Waals surface area contributed by atoms with Crippen LogP contribution in [-0.2, 0) is 23.5 Å². The Morgan fingerprint density at radius 3 is 3.17 bits per heavy atom. The van der Waals surface area contributed by atoms with Crippen molar-refractivity contribution in [1.29, 1.82) is 0 Å². The summed E-state index contributed by atoms with van der Waals surface area (Å²) in [6.45, 7) is 7.01. The number of rotatable bonds is 7. The molecule has 1 atom stereocenters. The third-order valence-corrected chi connectivity index (χ3v) is 7.02. The molecule has 1 amide bonds. The zero-order valence-electron chi connectivity index (χ0n) is 14.1. The van der Waals surface area contributed by atoms with Gasteiger partial charge in [-0.05, 0) is 37.3 Å². The van der Waals surface area contributed by atoms with Crippen LogP contribution in [0.5, 0.6) is 0 Å². The first-order valence-electron chi connectivity index (χ1n) is 8.16. The van der Waals surface area contributed by atoms with Gasteiger partial charge < -0.3 is 5.32 Å². The Bertz CT molecular complexity index is 682. The van der Waals surface area contributed by atoms with Gasteiger partial charge in [0.15, 0.2) is 0 Å². The Balaban J connectivity index is 1.35. The van der Waals surface area contributed by atoms with Gasteiger partial charge in [0.25, 0.3) is 0 Å². The van der Waals surface area contributed by atoms with Crippen LogP contribution in [0.3, 0.4) is 0 Å². The van der Waals surface area contributed by atoms with Gasteiger partial charge in [0.05, 0.1) is 16.5 Å². The third kappa shape index (κ3) is 4.81. The molecule has 0 aliphatic carbocycles. The summed E-state index contributed by atoms with van der Waals surface area (Å²) >= 11 is 5.15. The van der Waals surface area contributed by atoms with Crippen molar-refractivity contribution in [2.75, 3.05) is 18.8 Å². The standard InChI is InChI=1S/C17H23N3OS3/c1-12(20-5-3-16-14(8-20)4-6-23-16)7-18-17(21)11-22-9-15-10-24-13(2)19-15/h4,6,10,12H,3,5,7-9,11H2,1-2H3,(H,18,21). The number of thiophene rings is 1. The second-order valence-corrected chi connectivity index (χ2v) is 9.14. The number of carbonyl (C=O) groups is 1. The summed E-state index contributed by atoms with van der Waals surface area (Å²) in [5.74, 6) is 1.42. The van der Waals surface area contributed by atoms with Crippen LogP contribution in [0.2, 0.25) is 0 Å². The molecule has 4 nitrogen and oxygen atoms in total. The van der Waals surface area contributed by atoms with Gasteiger partial charge >= 0.3 is 0 Å². The van der Waals surface area contributed by atoms with E-state index in [2.05, 4.69) is 39.0 Å². The molecule has 130 valence electrons. The van der Waals surface area contributed by atoms with Gasteiger partial charge in [0, 0.05) is 41.7 Å². The van der Waals surface area contributed by atoms with E-state index in [1.165, 1.54) is 10.4 Å². The second-order valence-electron chi connectivity index (χ2n) is 6.09. The Hall–Kier alpha value is -0.890. The van der Waals surface area contributed by atoms with Crippen molar-refractivity contribution in [3.8, 4) is 0 Å². The van der Waals surface area contributed by atoms with E-state index >= 15 is 0 Å². The number of hydrogen-bond acceptors (Lipinski definition) is 6. The molecule has 1 aliphatic rings. The Morgan fingerprint density at radius 1 is 1.50 bits per heavy atom. The molecule has 3 rings (SSSR count). The summed E-state index contributed by atoms with van der Waals surface area (Å²) in [6.07, 6.45) is 1.13. The minimum absolute atomic E-state index is 0.118. The summed E-state index contributed by atoms with van der Waals surface area (Å²) in [5, 5.41) is 8.40. The maximum Gasteiger partial charge on any atom is 0.230 e. The number of aryl methyl sites for hydroxylation is 1. The van der Waals surface area contributed by atoms with Crippen LogP contribution in [0.25, 0.3) is 0 Å². The Kier molecular flexibility index (Phi) is 6.32. The summed E-state index contributed by atoms with van der Waals surface area (Å²) in [4.78, 5) is 20.4. The van der Waals surface area contributed by atoms with E-state index in [1.54, 1.807) is 23.1 Å². The molecule has 7 heteroatoms. The molecule has 0 bridgehead atoms. The van der Waals surface area contributed by atoms with Gasteiger partial charge in [-0.3, -0.25) is 9.69 Å². The zero-order valence-corrected chi connectivity index (χ0v) is 16.5. The average Bonchev–Trinajstić information content (AvgIpc) is 3.20. The first kappa shape index (κ1) is 17.9. The summed E-state index contributed by atoms with van der Waals surface area (Å²) in [5.41, 5.74) is 2.53. The molecule has 0 fully saturated rings. The van der Waals surface area contributed by atoms with E-state index in [9.17, 15) is 4.79 Å². The Labute approximate surface area is 155 Å². The maximum absolute atomic E-state index is 12.0. The second kappa shape index (κ2) is 8.47. The van der Waals surface area contributed by atoms with Crippen molar-refractivity contribution in [1.82, 2.24) is 15.2 Å². The molecule has 2 aromatic rings. The minimum atomic E-state index is 0.118. The fourth-order valence-electron chi connectivity index (χ4n) is 2.81. The minimum Gasteiger partial charge on any atom is -0.354 e. The molecule has 3 heterocycles. The number of nitrogens with one attached hydrogen (secondary N) is 1. The quantitative estimate of drug-likeness (QED) is 0.799. The average molecular weight is 382 g/mol. The van der Waals surface area contributed by atoms with Crippen molar-refractivity contribution in [3.63, 3.8) is 0 Å². The monoisotopic (exact) mass is 381 g/mol. The highest BCUT2D eigenvalue weighted by molar-refractivity contribution is 7.99. The number of nitrogens with zero attached hydrogens (tertiary/aromatic N) is 2. The van der Waals surface area contributed by atoms with Crippen LogP contribution < -0.4 is 5.32 Å². The number of thioether (sulfide) groups is 1. The lowest BCUT2D eigenvalue weighted by atomic mass is 10.1. The molecular formula is C17H23N3OS3. The Morgan fingerprint density at radius 2 is 2.38 bits per heavy atom. The van der Waals surface area contributed by atoms with Crippen LogP contribution in [0.4, 0.5) is 0 Å². The van der Waals surface area contributed by atoms with Crippen LogP contribution in [-0.4, -0.2) is 40.7 Å². The largest absolute Gasteiger partial charge is 0.354 e. The fraction of sp³-hybridized carbons (Fsp3) is 0.529. The fourth-order valence-corrected chi connectivity index (χ4v) is 5.17. The highest BCUT2D eigenvalue weighted by atomic mass is 32.2. The third-order valence-electron chi connectivity index (χ3n) is 4.20. The van der Waals surface area contributed by atoms with E-state index < -0.39 is 0 Å². The first-order chi connectivity index (χ1) is 11.6. The summed E-state index contributed by atoms with van der Waals surface area (Å²) in [6, 6.07) is 2.60. The van der Waals surface area contributed by atoms with Crippen molar-refractivity contribution in [3.05, 3.63) is 38.0 Å². The smallest absolute Gasteiger partial charge is 0.230 e. The lowest BCUT2D eigenvalue weighted by Gasteiger charge is -2.32. The number of fused-ring (bicyclic) bond motifs is 1. The van der Waals surface area contributed by atoms with E-state index in [0.717, 1.165) is 36.0 Å². The first-order valence-corrected chi connectivity index (χ1v) is 11.1. The summed E-state index contributed by atoms with van der Waals surface area (Å²) in [7, 11) is 0. The molecule has 1 unspecified atom stereocenters. The molecular weight excluding hydrogens is 358 g/mol. The van der Waals surface area contributed by atoms with E-state index in [0.29, 0.717) is 18.3 Å². The normalized spacial score (nSPS) is 15.9. The molecule has 2 aromatic heterocycles. The highest BCUT2D eigenvalue weighted by Gasteiger charge is 2.21. The van der Waals surface area contributed by atoms with Crippen molar-refractivity contribution in [2.45, 2.75) is 38.6 Å². The molecule has 1 aliphatic heterocycles. The lowest BCUT2D eigenvalue weighted by Crippen LogP contribution is -2.44. The molecule has 0 saturated heterocycles. The van der Waals surface area contributed by atoms with E-state index in [-0.39, 0.29) is 5.91 Å². The highest BCUT2D eigenvalue weighted by Crippen LogP contribution is 2.25. The van der Waals surface area contributed by atoms with Crippen molar-refractivity contribution < 1.29 is 4.79 Å². The molecule has 0 radical (unpaired) electrons. The van der Waals surface area contributed by atoms with Gasteiger partial charge in [-0.25, -0.2) is 4.98 Å². The zero-order chi connectivity index (χ0) is 16.9.